The summed E-state index contributed by atoms with van der Waals surface area (Å²) >= 11 is 3.56. The Labute approximate surface area is 123 Å². The first-order chi connectivity index (χ1) is 9.08. The van der Waals surface area contributed by atoms with Crippen molar-refractivity contribution in [2.45, 2.75) is 38.1 Å². The van der Waals surface area contributed by atoms with Gasteiger partial charge in [0.15, 0.2) is 0 Å². The molecule has 2 rings (SSSR count). The van der Waals surface area contributed by atoms with Crippen LogP contribution in [0.15, 0.2) is 16.6 Å². The van der Waals surface area contributed by atoms with E-state index in [1.54, 1.807) is 14.2 Å². The molecule has 4 heteroatoms. The van der Waals surface area contributed by atoms with E-state index < -0.39 is 0 Å². The van der Waals surface area contributed by atoms with E-state index in [2.05, 4.69) is 28.9 Å². The third-order valence-corrected chi connectivity index (χ3v) is 4.83. The quantitative estimate of drug-likeness (QED) is 0.920. The maximum absolute atomic E-state index is 6.32. The van der Waals surface area contributed by atoms with Gasteiger partial charge in [0.1, 0.15) is 16.0 Å². The first kappa shape index (κ1) is 14.7. The van der Waals surface area contributed by atoms with Crippen LogP contribution in [-0.4, -0.2) is 20.3 Å². The second-order valence-electron chi connectivity index (χ2n) is 5.39. The molecule has 0 heterocycles. The summed E-state index contributed by atoms with van der Waals surface area (Å²) in [6.07, 6.45) is 3.42. The Balaban J connectivity index is 2.40. The van der Waals surface area contributed by atoms with Gasteiger partial charge in [-0.1, -0.05) is 13.0 Å². The standard InChI is InChI=1S/C15H22BrNO2/c1-9-4-6-12(17)11(8-9)10-5-7-13(18-2)14(16)15(10)19-3/h5,7,9,11-12H,4,6,8,17H2,1-3H3. The van der Waals surface area contributed by atoms with Crippen molar-refractivity contribution in [2.75, 3.05) is 14.2 Å². The van der Waals surface area contributed by atoms with Crippen molar-refractivity contribution in [3.63, 3.8) is 0 Å². The smallest absolute Gasteiger partial charge is 0.140 e. The van der Waals surface area contributed by atoms with Crippen LogP contribution < -0.4 is 15.2 Å². The molecule has 1 aromatic rings. The minimum Gasteiger partial charge on any atom is -0.495 e. The zero-order chi connectivity index (χ0) is 14.0. The lowest BCUT2D eigenvalue weighted by atomic mass is 9.75. The largest absolute Gasteiger partial charge is 0.495 e. The average molecular weight is 328 g/mol. The molecule has 106 valence electrons. The monoisotopic (exact) mass is 327 g/mol. The number of halogens is 1. The molecule has 0 aliphatic heterocycles. The third kappa shape index (κ3) is 2.90. The highest BCUT2D eigenvalue weighted by Gasteiger charge is 2.30. The lowest BCUT2D eigenvalue weighted by molar-refractivity contribution is 0.297. The molecular weight excluding hydrogens is 306 g/mol. The van der Waals surface area contributed by atoms with Gasteiger partial charge in [-0.05, 0) is 47.2 Å². The maximum Gasteiger partial charge on any atom is 0.140 e. The van der Waals surface area contributed by atoms with E-state index in [1.165, 1.54) is 12.0 Å². The van der Waals surface area contributed by atoms with E-state index in [9.17, 15) is 0 Å². The summed E-state index contributed by atoms with van der Waals surface area (Å²) in [7, 11) is 3.36. The molecule has 0 radical (unpaired) electrons. The van der Waals surface area contributed by atoms with Crippen molar-refractivity contribution < 1.29 is 9.47 Å². The van der Waals surface area contributed by atoms with Crippen LogP contribution in [0.4, 0.5) is 0 Å². The average Bonchev–Trinajstić information content (AvgIpc) is 2.41. The van der Waals surface area contributed by atoms with Gasteiger partial charge in [-0.2, -0.15) is 0 Å². The van der Waals surface area contributed by atoms with Crippen molar-refractivity contribution >= 4 is 15.9 Å². The Bertz CT molecular complexity index is 450. The number of benzene rings is 1. The molecule has 3 atom stereocenters. The van der Waals surface area contributed by atoms with E-state index in [-0.39, 0.29) is 6.04 Å². The van der Waals surface area contributed by atoms with Gasteiger partial charge in [0.25, 0.3) is 0 Å². The van der Waals surface area contributed by atoms with Crippen LogP contribution >= 0.6 is 15.9 Å². The second kappa shape index (κ2) is 6.14. The van der Waals surface area contributed by atoms with Crippen LogP contribution in [0.25, 0.3) is 0 Å². The fourth-order valence-electron chi connectivity index (χ4n) is 2.97. The fraction of sp³-hybridized carbons (Fsp3) is 0.600. The summed E-state index contributed by atoms with van der Waals surface area (Å²) in [5, 5.41) is 0. The van der Waals surface area contributed by atoms with Crippen molar-refractivity contribution in [3.8, 4) is 11.5 Å². The molecule has 0 saturated heterocycles. The molecule has 19 heavy (non-hydrogen) atoms. The van der Waals surface area contributed by atoms with Gasteiger partial charge in [-0.3, -0.25) is 0 Å². The van der Waals surface area contributed by atoms with Gasteiger partial charge in [0.2, 0.25) is 0 Å². The summed E-state index contributed by atoms with van der Waals surface area (Å²) in [6.45, 7) is 2.30. The fourth-order valence-corrected chi connectivity index (χ4v) is 3.66. The number of methoxy groups -OCH3 is 2. The van der Waals surface area contributed by atoms with Crippen molar-refractivity contribution in [3.05, 3.63) is 22.2 Å². The highest BCUT2D eigenvalue weighted by molar-refractivity contribution is 9.10. The Morgan fingerprint density at radius 1 is 1.21 bits per heavy atom. The lowest BCUT2D eigenvalue weighted by Crippen LogP contribution is -2.34. The molecule has 1 aliphatic carbocycles. The zero-order valence-corrected chi connectivity index (χ0v) is 13.4. The highest BCUT2D eigenvalue weighted by atomic mass is 79.9. The van der Waals surface area contributed by atoms with Gasteiger partial charge in [-0.25, -0.2) is 0 Å². The second-order valence-corrected chi connectivity index (χ2v) is 6.19. The third-order valence-electron chi connectivity index (χ3n) is 4.08. The minimum atomic E-state index is 0.213. The lowest BCUT2D eigenvalue weighted by Gasteiger charge is -2.34. The minimum absolute atomic E-state index is 0.213. The summed E-state index contributed by atoms with van der Waals surface area (Å²) in [5.74, 6) is 2.73. The zero-order valence-electron chi connectivity index (χ0n) is 11.8. The topological polar surface area (TPSA) is 44.5 Å². The maximum atomic E-state index is 6.32. The molecule has 0 amide bonds. The van der Waals surface area contributed by atoms with Gasteiger partial charge < -0.3 is 15.2 Å². The normalized spacial score (nSPS) is 27.1. The van der Waals surface area contributed by atoms with Crippen molar-refractivity contribution in [1.29, 1.82) is 0 Å². The van der Waals surface area contributed by atoms with E-state index in [0.29, 0.717) is 5.92 Å². The van der Waals surface area contributed by atoms with Crippen LogP contribution in [0.1, 0.15) is 37.7 Å². The van der Waals surface area contributed by atoms with E-state index in [4.69, 9.17) is 15.2 Å². The molecule has 3 unspecified atom stereocenters. The first-order valence-corrected chi connectivity index (χ1v) is 7.53. The Hall–Kier alpha value is -0.740. The Morgan fingerprint density at radius 3 is 2.58 bits per heavy atom. The predicted molar refractivity (Wildman–Crippen MR) is 81.0 cm³/mol. The molecule has 0 spiro atoms. The van der Waals surface area contributed by atoms with Crippen LogP contribution in [0, 0.1) is 5.92 Å². The molecule has 1 aliphatic rings. The van der Waals surface area contributed by atoms with Crippen LogP contribution in [0.3, 0.4) is 0 Å². The number of hydrogen-bond donors (Lipinski definition) is 1. The number of hydrogen-bond acceptors (Lipinski definition) is 3. The molecule has 1 fully saturated rings. The molecular formula is C15H22BrNO2. The summed E-state index contributed by atoms with van der Waals surface area (Å²) in [6, 6.07) is 4.28. The van der Waals surface area contributed by atoms with Gasteiger partial charge >= 0.3 is 0 Å². The van der Waals surface area contributed by atoms with E-state index >= 15 is 0 Å². The SMILES string of the molecule is COc1ccc(C2CC(C)CCC2N)c(OC)c1Br. The number of rotatable bonds is 3. The summed E-state index contributed by atoms with van der Waals surface area (Å²) in [5.41, 5.74) is 7.50. The summed E-state index contributed by atoms with van der Waals surface area (Å²) in [4.78, 5) is 0. The van der Waals surface area contributed by atoms with Gasteiger partial charge in [0, 0.05) is 17.5 Å². The highest BCUT2D eigenvalue weighted by Crippen LogP contribution is 2.44. The molecule has 3 nitrogen and oxygen atoms in total. The van der Waals surface area contributed by atoms with Gasteiger partial charge in [0.05, 0.1) is 14.2 Å². The van der Waals surface area contributed by atoms with Crippen LogP contribution in [0.5, 0.6) is 11.5 Å². The van der Waals surface area contributed by atoms with Crippen molar-refractivity contribution in [2.24, 2.45) is 11.7 Å². The molecule has 0 aromatic heterocycles. The molecule has 1 aromatic carbocycles. The van der Waals surface area contributed by atoms with Crippen LogP contribution in [0.2, 0.25) is 0 Å². The van der Waals surface area contributed by atoms with Crippen LogP contribution in [-0.2, 0) is 0 Å². The Kier molecular flexibility index (Phi) is 4.74. The molecule has 1 saturated carbocycles. The number of ether oxygens (including phenoxy) is 2. The summed E-state index contributed by atoms with van der Waals surface area (Å²) < 4.78 is 11.8. The predicted octanol–water partition coefficient (Wildman–Crippen LogP) is 3.70. The van der Waals surface area contributed by atoms with Gasteiger partial charge in [-0.15, -0.1) is 0 Å². The number of nitrogens with two attached hydrogens (primary N) is 1. The Morgan fingerprint density at radius 2 is 1.95 bits per heavy atom. The first-order valence-electron chi connectivity index (χ1n) is 6.74. The van der Waals surface area contributed by atoms with E-state index in [1.807, 2.05) is 6.07 Å². The van der Waals surface area contributed by atoms with Crippen molar-refractivity contribution in [1.82, 2.24) is 0 Å². The molecule has 2 N–H and O–H groups in total. The molecule has 0 bridgehead atoms. The van der Waals surface area contributed by atoms with E-state index in [0.717, 1.165) is 34.7 Å².